The lowest BCUT2D eigenvalue weighted by atomic mass is 10.1. The summed E-state index contributed by atoms with van der Waals surface area (Å²) in [5.41, 5.74) is 2.64. The van der Waals surface area contributed by atoms with Crippen molar-refractivity contribution >= 4 is 5.69 Å². The Morgan fingerprint density at radius 2 is 1.85 bits per heavy atom. The molecule has 2 heterocycles. The van der Waals surface area contributed by atoms with Crippen molar-refractivity contribution in [3.8, 4) is 0 Å². The Morgan fingerprint density at radius 1 is 1.05 bits per heavy atom. The number of nitrogens with zero attached hydrogens (tertiary/aromatic N) is 1. The summed E-state index contributed by atoms with van der Waals surface area (Å²) in [6.07, 6.45) is 6.94. The second-order valence-corrected chi connectivity index (χ2v) is 6.05. The standard InChI is InChI=1S/C17H26N2O/c1-2-10-19(11-3-1)14-15-6-8-16(9-7-15)18-13-17-5-4-12-20-17/h6-9,17-18H,1-5,10-14H2. The molecule has 0 aromatic heterocycles. The van der Waals surface area contributed by atoms with Gasteiger partial charge in [-0.05, 0) is 56.5 Å². The Kier molecular flexibility index (Phi) is 4.93. The molecule has 2 fully saturated rings. The van der Waals surface area contributed by atoms with Gasteiger partial charge < -0.3 is 10.1 Å². The molecule has 3 nitrogen and oxygen atoms in total. The maximum atomic E-state index is 5.63. The molecule has 0 radical (unpaired) electrons. The molecule has 2 saturated heterocycles. The summed E-state index contributed by atoms with van der Waals surface area (Å²) in [5.74, 6) is 0. The van der Waals surface area contributed by atoms with Crippen LogP contribution in [-0.4, -0.2) is 37.2 Å². The van der Waals surface area contributed by atoms with E-state index < -0.39 is 0 Å². The van der Waals surface area contributed by atoms with E-state index in [1.807, 2.05) is 0 Å². The molecule has 1 N–H and O–H groups in total. The first-order valence-electron chi connectivity index (χ1n) is 8.07. The Morgan fingerprint density at radius 3 is 2.55 bits per heavy atom. The lowest BCUT2D eigenvalue weighted by molar-refractivity contribution is 0.120. The van der Waals surface area contributed by atoms with E-state index in [0.29, 0.717) is 6.10 Å². The van der Waals surface area contributed by atoms with Gasteiger partial charge in [-0.1, -0.05) is 18.6 Å². The quantitative estimate of drug-likeness (QED) is 0.892. The summed E-state index contributed by atoms with van der Waals surface area (Å²) in [6.45, 7) is 5.50. The van der Waals surface area contributed by atoms with Gasteiger partial charge in [0.2, 0.25) is 0 Å². The van der Waals surface area contributed by atoms with Crippen LogP contribution in [0, 0.1) is 0 Å². The topological polar surface area (TPSA) is 24.5 Å². The summed E-state index contributed by atoms with van der Waals surface area (Å²) in [5, 5.41) is 3.48. The van der Waals surface area contributed by atoms with Gasteiger partial charge >= 0.3 is 0 Å². The molecule has 0 saturated carbocycles. The van der Waals surface area contributed by atoms with Gasteiger partial charge in [-0.3, -0.25) is 4.90 Å². The molecular weight excluding hydrogens is 248 g/mol. The fraction of sp³-hybridized carbons (Fsp3) is 0.647. The van der Waals surface area contributed by atoms with E-state index in [1.54, 1.807) is 0 Å². The third-order valence-corrected chi connectivity index (χ3v) is 4.37. The van der Waals surface area contributed by atoms with Crippen LogP contribution in [0.5, 0.6) is 0 Å². The molecule has 1 aromatic rings. The van der Waals surface area contributed by atoms with E-state index in [9.17, 15) is 0 Å². The Hall–Kier alpha value is -1.06. The molecule has 0 bridgehead atoms. The number of nitrogens with one attached hydrogen (secondary N) is 1. The third kappa shape index (κ3) is 3.97. The SMILES string of the molecule is c1cc(NCC2CCCO2)ccc1CN1CCCCC1. The second kappa shape index (κ2) is 7.09. The molecule has 1 atom stereocenters. The summed E-state index contributed by atoms with van der Waals surface area (Å²) in [7, 11) is 0. The summed E-state index contributed by atoms with van der Waals surface area (Å²) in [6, 6.07) is 8.92. The van der Waals surface area contributed by atoms with Crippen molar-refractivity contribution in [1.29, 1.82) is 0 Å². The number of benzene rings is 1. The molecule has 1 aromatic carbocycles. The van der Waals surface area contributed by atoms with E-state index in [1.165, 1.54) is 56.4 Å². The van der Waals surface area contributed by atoms with Gasteiger partial charge in [0.05, 0.1) is 6.10 Å². The number of hydrogen-bond donors (Lipinski definition) is 1. The van der Waals surface area contributed by atoms with Gasteiger partial charge in [-0.2, -0.15) is 0 Å². The first-order valence-corrected chi connectivity index (χ1v) is 8.07. The van der Waals surface area contributed by atoms with E-state index in [0.717, 1.165) is 19.7 Å². The number of rotatable bonds is 5. The van der Waals surface area contributed by atoms with Crippen molar-refractivity contribution in [2.24, 2.45) is 0 Å². The van der Waals surface area contributed by atoms with Crippen molar-refractivity contribution in [3.05, 3.63) is 29.8 Å². The number of anilines is 1. The molecule has 110 valence electrons. The van der Waals surface area contributed by atoms with Crippen LogP contribution in [0.25, 0.3) is 0 Å². The fourth-order valence-corrected chi connectivity index (χ4v) is 3.14. The first-order chi connectivity index (χ1) is 9.90. The minimum atomic E-state index is 0.406. The highest BCUT2D eigenvalue weighted by Gasteiger charge is 2.14. The zero-order valence-corrected chi connectivity index (χ0v) is 12.3. The molecule has 0 spiro atoms. The van der Waals surface area contributed by atoms with Crippen LogP contribution in [0.4, 0.5) is 5.69 Å². The molecular formula is C17H26N2O. The molecule has 2 aliphatic heterocycles. The monoisotopic (exact) mass is 274 g/mol. The van der Waals surface area contributed by atoms with Crippen molar-refractivity contribution in [1.82, 2.24) is 4.90 Å². The van der Waals surface area contributed by atoms with Crippen LogP contribution in [0.3, 0.4) is 0 Å². The first kappa shape index (κ1) is 13.9. The predicted molar refractivity (Wildman–Crippen MR) is 83.0 cm³/mol. The third-order valence-electron chi connectivity index (χ3n) is 4.37. The van der Waals surface area contributed by atoms with Crippen LogP contribution in [-0.2, 0) is 11.3 Å². The number of hydrogen-bond acceptors (Lipinski definition) is 3. The predicted octanol–water partition coefficient (Wildman–Crippen LogP) is 3.26. The average molecular weight is 274 g/mol. The van der Waals surface area contributed by atoms with Gasteiger partial charge in [-0.25, -0.2) is 0 Å². The van der Waals surface area contributed by atoms with E-state index in [-0.39, 0.29) is 0 Å². The number of likely N-dealkylation sites (tertiary alicyclic amines) is 1. The van der Waals surface area contributed by atoms with Crippen molar-refractivity contribution < 1.29 is 4.74 Å². The van der Waals surface area contributed by atoms with Crippen molar-refractivity contribution in [3.63, 3.8) is 0 Å². The summed E-state index contributed by atoms with van der Waals surface area (Å²) in [4.78, 5) is 2.57. The summed E-state index contributed by atoms with van der Waals surface area (Å²) < 4.78 is 5.63. The molecule has 2 aliphatic rings. The molecule has 0 aliphatic carbocycles. The highest BCUT2D eigenvalue weighted by Crippen LogP contribution is 2.17. The van der Waals surface area contributed by atoms with Gasteiger partial charge in [0.25, 0.3) is 0 Å². The zero-order chi connectivity index (χ0) is 13.6. The van der Waals surface area contributed by atoms with Crippen molar-refractivity contribution in [2.45, 2.75) is 44.8 Å². The average Bonchev–Trinajstić information content (AvgIpc) is 3.01. The summed E-state index contributed by atoms with van der Waals surface area (Å²) >= 11 is 0. The zero-order valence-electron chi connectivity index (χ0n) is 12.3. The van der Waals surface area contributed by atoms with Crippen molar-refractivity contribution in [2.75, 3.05) is 31.6 Å². The minimum absolute atomic E-state index is 0.406. The maximum absolute atomic E-state index is 5.63. The Bertz CT molecular complexity index is 392. The van der Waals surface area contributed by atoms with E-state index >= 15 is 0 Å². The molecule has 20 heavy (non-hydrogen) atoms. The highest BCUT2D eigenvalue weighted by molar-refractivity contribution is 5.44. The van der Waals surface area contributed by atoms with Crippen LogP contribution < -0.4 is 5.32 Å². The highest BCUT2D eigenvalue weighted by atomic mass is 16.5. The minimum Gasteiger partial charge on any atom is -0.382 e. The second-order valence-electron chi connectivity index (χ2n) is 6.05. The number of ether oxygens (including phenoxy) is 1. The van der Waals surface area contributed by atoms with Gasteiger partial charge in [-0.15, -0.1) is 0 Å². The Balaban J connectivity index is 1.46. The van der Waals surface area contributed by atoms with Crippen LogP contribution in [0.2, 0.25) is 0 Å². The van der Waals surface area contributed by atoms with Crippen LogP contribution in [0.1, 0.15) is 37.7 Å². The molecule has 3 rings (SSSR count). The van der Waals surface area contributed by atoms with Crippen LogP contribution >= 0.6 is 0 Å². The molecule has 3 heteroatoms. The van der Waals surface area contributed by atoms with Gasteiger partial charge in [0.1, 0.15) is 0 Å². The lowest BCUT2D eigenvalue weighted by Crippen LogP contribution is -2.29. The molecule has 1 unspecified atom stereocenters. The lowest BCUT2D eigenvalue weighted by Gasteiger charge is -2.26. The van der Waals surface area contributed by atoms with Gasteiger partial charge in [0.15, 0.2) is 0 Å². The Labute approximate surface area is 122 Å². The van der Waals surface area contributed by atoms with E-state index in [2.05, 4.69) is 34.5 Å². The molecule has 0 amide bonds. The van der Waals surface area contributed by atoms with Crippen LogP contribution in [0.15, 0.2) is 24.3 Å². The fourth-order valence-electron chi connectivity index (χ4n) is 3.14. The number of piperidine rings is 1. The van der Waals surface area contributed by atoms with E-state index in [4.69, 9.17) is 4.74 Å². The smallest absolute Gasteiger partial charge is 0.0748 e. The van der Waals surface area contributed by atoms with Gasteiger partial charge in [0, 0.05) is 25.4 Å². The largest absolute Gasteiger partial charge is 0.382 e. The normalized spacial score (nSPS) is 23.9. The maximum Gasteiger partial charge on any atom is 0.0748 e.